The first-order chi connectivity index (χ1) is 12.0. The van der Waals surface area contributed by atoms with Crippen molar-refractivity contribution < 1.29 is 17.6 Å². The fraction of sp³-hybridized carbons (Fsp3) is 0.235. The van der Waals surface area contributed by atoms with Gasteiger partial charge in [0.2, 0.25) is 0 Å². The lowest BCUT2D eigenvalue weighted by molar-refractivity contribution is -0.144. The minimum absolute atomic E-state index is 0.0437. The van der Waals surface area contributed by atoms with Crippen LogP contribution in [0.15, 0.2) is 27.8 Å². The highest BCUT2D eigenvalue weighted by Gasteiger charge is 2.38. The topological polar surface area (TPSA) is 67.8 Å². The van der Waals surface area contributed by atoms with Crippen molar-refractivity contribution >= 4 is 6.08 Å². The predicted octanol–water partition coefficient (Wildman–Crippen LogP) is 2.91. The zero-order valence-electron chi connectivity index (χ0n) is 14.0. The fourth-order valence-corrected chi connectivity index (χ4v) is 2.63. The lowest BCUT2D eigenvalue weighted by Gasteiger charge is -2.17. The molecule has 0 N–H and O–H groups in total. The Morgan fingerprint density at radius 2 is 1.85 bits per heavy atom. The zero-order valence-corrected chi connectivity index (χ0v) is 14.0. The van der Waals surface area contributed by atoms with Crippen molar-refractivity contribution in [3.63, 3.8) is 0 Å². The van der Waals surface area contributed by atoms with Crippen LogP contribution in [0.4, 0.5) is 17.6 Å². The summed E-state index contributed by atoms with van der Waals surface area (Å²) in [4.78, 5) is 24.7. The molecule has 1 aromatic heterocycles. The Bertz CT molecular complexity index is 1030. The van der Waals surface area contributed by atoms with Gasteiger partial charge in [-0.1, -0.05) is 12.2 Å². The number of nitriles is 1. The molecule has 0 amide bonds. The van der Waals surface area contributed by atoms with Crippen LogP contribution in [0.25, 0.3) is 11.8 Å². The number of hydrogen-bond donors (Lipinski definition) is 0. The molecule has 5 nitrogen and oxygen atoms in total. The summed E-state index contributed by atoms with van der Waals surface area (Å²) in [5, 5.41) is 9.04. The summed E-state index contributed by atoms with van der Waals surface area (Å²) in [5.41, 5.74) is -5.11. The average Bonchev–Trinajstić information content (AvgIpc) is 2.54. The van der Waals surface area contributed by atoms with Crippen LogP contribution < -0.4 is 11.2 Å². The van der Waals surface area contributed by atoms with Crippen LogP contribution in [-0.2, 0) is 13.2 Å². The van der Waals surface area contributed by atoms with E-state index in [0.29, 0.717) is 4.57 Å². The fourth-order valence-electron chi connectivity index (χ4n) is 2.63. The van der Waals surface area contributed by atoms with Gasteiger partial charge in [-0.05, 0) is 31.5 Å². The summed E-state index contributed by atoms with van der Waals surface area (Å²) in [6.45, 7) is 2.55. The van der Waals surface area contributed by atoms with E-state index in [1.807, 2.05) is 0 Å². The maximum atomic E-state index is 14.4. The van der Waals surface area contributed by atoms with Gasteiger partial charge < -0.3 is 0 Å². The van der Waals surface area contributed by atoms with Gasteiger partial charge in [0.25, 0.3) is 5.56 Å². The SMILES string of the molecule is C/C=C\c1cc(-n2c(=O)c(C)c(C(F)(F)F)n(C)c2=O)c(F)cc1C#N. The first-order valence-electron chi connectivity index (χ1n) is 7.31. The van der Waals surface area contributed by atoms with E-state index in [1.165, 1.54) is 6.08 Å². The van der Waals surface area contributed by atoms with Crippen molar-refractivity contribution in [3.8, 4) is 11.8 Å². The van der Waals surface area contributed by atoms with Crippen molar-refractivity contribution in [3.05, 3.63) is 67.2 Å². The second-order valence-corrected chi connectivity index (χ2v) is 5.46. The summed E-state index contributed by atoms with van der Waals surface area (Å²) < 4.78 is 54.3. The average molecular weight is 367 g/mol. The second-order valence-electron chi connectivity index (χ2n) is 5.46. The highest BCUT2D eigenvalue weighted by Crippen LogP contribution is 2.29. The molecule has 0 bridgehead atoms. The van der Waals surface area contributed by atoms with E-state index in [0.717, 1.165) is 26.1 Å². The number of hydrogen-bond acceptors (Lipinski definition) is 3. The van der Waals surface area contributed by atoms with Gasteiger partial charge in [-0.25, -0.2) is 13.8 Å². The molecular formula is C17H13F4N3O2. The van der Waals surface area contributed by atoms with Gasteiger partial charge in [0.1, 0.15) is 11.5 Å². The van der Waals surface area contributed by atoms with Gasteiger partial charge >= 0.3 is 11.9 Å². The summed E-state index contributed by atoms with van der Waals surface area (Å²) in [7, 11) is 0.850. The van der Waals surface area contributed by atoms with Crippen molar-refractivity contribution in [2.24, 2.45) is 7.05 Å². The Labute approximate surface area is 145 Å². The lowest BCUT2D eigenvalue weighted by Crippen LogP contribution is -2.43. The monoisotopic (exact) mass is 367 g/mol. The van der Waals surface area contributed by atoms with E-state index in [9.17, 15) is 27.2 Å². The van der Waals surface area contributed by atoms with Gasteiger partial charge in [0.15, 0.2) is 0 Å². The summed E-state index contributed by atoms with van der Waals surface area (Å²) in [6.07, 6.45) is -1.92. The maximum absolute atomic E-state index is 14.4. The molecule has 0 atom stereocenters. The molecule has 1 aromatic carbocycles. The van der Waals surface area contributed by atoms with E-state index in [4.69, 9.17) is 5.26 Å². The largest absolute Gasteiger partial charge is 0.432 e. The third-order valence-electron chi connectivity index (χ3n) is 3.79. The third-order valence-corrected chi connectivity index (χ3v) is 3.79. The Morgan fingerprint density at radius 3 is 2.35 bits per heavy atom. The van der Waals surface area contributed by atoms with Crippen LogP contribution in [-0.4, -0.2) is 9.13 Å². The molecule has 26 heavy (non-hydrogen) atoms. The smallest absolute Gasteiger partial charge is 0.292 e. The van der Waals surface area contributed by atoms with Crippen molar-refractivity contribution in [1.29, 1.82) is 5.26 Å². The van der Waals surface area contributed by atoms with E-state index < -0.39 is 40.2 Å². The number of rotatable bonds is 2. The lowest BCUT2D eigenvalue weighted by atomic mass is 10.1. The highest BCUT2D eigenvalue weighted by atomic mass is 19.4. The Kier molecular flexibility index (Phi) is 4.89. The molecule has 9 heteroatoms. The molecule has 0 fully saturated rings. The maximum Gasteiger partial charge on any atom is 0.432 e. The molecule has 0 aliphatic rings. The summed E-state index contributed by atoms with van der Waals surface area (Å²) in [5.74, 6) is -1.08. The van der Waals surface area contributed by atoms with Gasteiger partial charge in [0.05, 0.1) is 17.3 Å². The van der Waals surface area contributed by atoms with Crippen molar-refractivity contribution in [2.45, 2.75) is 20.0 Å². The molecular weight excluding hydrogens is 354 g/mol. The van der Waals surface area contributed by atoms with Crippen LogP contribution in [0.3, 0.4) is 0 Å². The Hall–Kier alpha value is -3.15. The van der Waals surface area contributed by atoms with Crippen LogP contribution >= 0.6 is 0 Å². The number of aromatic nitrogens is 2. The van der Waals surface area contributed by atoms with Crippen LogP contribution in [0.5, 0.6) is 0 Å². The minimum atomic E-state index is -4.92. The van der Waals surface area contributed by atoms with E-state index in [-0.39, 0.29) is 15.7 Å². The molecule has 0 radical (unpaired) electrons. The standard InChI is InChI=1S/C17H13F4N3O2/c1-4-5-10-7-13(12(18)6-11(10)8-22)24-15(25)9(2)14(17(19,20)21)23(3)16(24)26/h4-7H,1-3H3/b5-4-. The van der Waals surface area contributed by atoms with Crippen LogP contribution in [0.1, 0.15) is 29.3 Å². The van der Waals surface area contributed by atoms with Crippen molar-refractivity contribution in [2.75, 3.05) is 0 Å². The van der Waals surface area contributed by atoms with E-state index >= 15 is 0 Å². The number of nitrogens with zero attached hydrogens (tertiary/aromatic N) is 3. The summed E-state index contributed by atoms with van der Waals surface area (Å²) in [6, 6.07) is 3.67. The van der Waals surface area contributed by atoms with Gasteiger partial charge in [-0.15, -0.1) is 0 Å². The number of benzene rings is 1. The summed E-state index contributed by atoms with van der Waals surface area (Å²) >= 11 is 0. The minimum Gasteiger partial charge on any atom is -0.292 e. The molecule has 0 aliphatic carbocycles. The quantitative estimate of drug-likeness (QED) is 0.767. The first kappa shape index (κ1) is 19.2. The first-order valence-corrected chi connectivity index (χ1v) is 7.31. The normalized spacial score (nSPS) is 11.8. The van der Waals surface area contributed by atoms with Gasteiger partial charge in [-0.2, -0.15) is 18.4 Å². The van der Waals surface area contributed by atoms with Crippen molar-refractivity contribution in [1.82, 2.24) is 9.13 Å². The number of allylic oxidation sites excluding steroid dienone is 1. The van der Waals surface area contributed by atoms with Crippen LogP contribution in [0, 0.1) is 24.1 Å². The highest BCUT2D eigenvalue weighted by molar-refractivity contribution is 5.61. The van der Waals surface area contributed by atoms with E-state index in [1.54, 1.807) is 19.1 Å². The van der Waals surface area contributed by atoms with Gasteiger partial charge in [0, 0.05) is 12.6 Å². The van der Waals surface area contributed by atoms with E-state index in [2.05, 4.69) is 0 Å². The Balaban J connectivity index is 2.96. The molecule has 2 aromatic rings. The zero-order chi connectivity index (χ0) is 19.8. The number of alkyl halides is 3. The molecule has 0 saturated carbocycles. The molecule has 136 valence electrons. The molecule has 1 heterocycles. The second kappa shape index (κ2) is 6.63. The molecule has 0 unspecified atom stereocenters. The number of halogens is 4. The predicted molar refractivity (Wildman–Crippen MR) is 86.4 cm³/mol. The van der Waals surface area contributed by atoms with Crippen LogP contribution in [0.2, 0.25) is 0 Å². The molecule has 0 aliphatic heterocycles. The third kappa shape index (κ3) is 3.06. The van der Waals surface area contributed by atoms with Gasteiger partial charge in [-0.3, -0.25) is 9.36 Å². The molecule has 0 spiro atoms. The molecule has 0 saturated heterocycles. The molecule has 2 rings (SSSR count). The Morgan fingerprint density at radius 1 is 1.23 bits per heavy atom.